The van der Waals surface area contributed by atoms with Gasteiger partial charge in [-0.2, -0.15) is 8.61 Å². The van der Waals surface area contributed by atoms with Crippen LogP contribution in [0.25, 0.3) is 22.5 Å². The lowest BCUT2D eigenvalue weighted by molar-refractivity contribution is 0.370. The number of hydrogen-bond donors (Lipinski definition) is 0. The Labute approximate surface area is 402 Å². The van der Waals surface area contributed by atoms with Crippen LogP contribution in [0.2, 0.25) is 10.0 Å². The van der Waals surface area contributed by atoms with Crippen LogP contribution in [0, 0.1) is 0 Å². The van der Waals surface area contributed by atoms with Crippen molar-refractivity contribution in [2.24, 2.45) is 0 Å². The fourth-order valence-electron chi connectivity index (χ4n) is 7.26. The SMILES string of the molecule is COc1ccc(-c2csc(N3CCN(S(=O)(=O)c4cc(OC)ccc4OC)CC3)n2)c(OC)c1.COc1ccc(OC)c(S(=O)(=O)N2CCN(c3nc(-c4ccc(Cl)cc4Cl)cs3)CC2)c1. The summed E-state index contributed by atoms with van der Waals surface area (Å²) in [5.41, 5.74) is 3.25. The van der Waals surface area contributed by atoms with E-state index in [0.29, 0.717) is 91.2 Å². The molecule has 0 N–H and O–H groups in total. The van der Waals surface area contributed by atoms with E-state index in [2.05, 4.69) is 9.80 Å². The summed E-state index contributed by atoms with van der Waals surface area (Å²) in [5.74, 6) is 2.89. The lowest BCUT2D eigenvalue weighted by Crippen LogP contribution is -2.48. The summed E-state index contributed by atoms with van der Waals surface area (Å²) in [5, 5.41) is 6.68. The highest BCUT2D eigenvalue weighted by atomic mass is 35.5. The first kappa shape index (κ1) is 48.9. The molecule has 2 aromatic heterocycles. The molecule has 4 heterocycles. The molecule has 0 bridgehead atoms. The molecule has 8 rings (SSSR count). The number of hydrogen-bond acceptors (Lipinski definition) is 16. The van der Waals surface area contributed by atoms with E-state index in [1.54, 1.807) is 50.6 Å². The normalized spacial score (nSPS) is 14.8. The molecule has 0 atom stereocenters. The number of aromatic nitrogens is 2. The third-order valence-electron chi connectivity index (χ3n) is 10.9. The van der Waals surface area contributed by atoms with Gasteiger partial charge in [0.15, 0.2) is 10.3 Å². The summed E-state index contributed by atoms with van der Waals surface area (Å²) in [6.07, 6.45) is 0. The van der Waals surface area contributed by atoms with Gasteiger partial charge in [-0.25, -0.2) is 26.8 Å². The molecule has 2 aliphatic heterocycles. The Morgan fingerprint density at radius 3 is 1.32 bits per heavy atom. The van der Waals surface area contributed by atoms with E-state index in [0.717, 1.165) is 32.8 Å². The predicted octanol–water partition coefficient (Wildman–Crippen LogP) is 8.00. The smallest absolute Gasteiger partial charge is 0.247 e. The third kappa shape index (κ3) is 10.6. The van der Waals surface area contributed by atoms with Crippen LogP contribution in [0.15, 0.2) is 93.3 Å². The summed E-state index contributed by atoms with van der Waals surface area (Å²) < 4.78 is 87.9. The Kier molecular flexibility index (Phi) is 15.7. The van der Waals surface area contributed by atoms with Crippen LogP contribution >= 0.6 is 45.9 Å². The van der Waals surface area contributed by atoms with Crippen LogP contribution in [-0.4, -0.2) is 130 Å². The van der Waals surface area contributed by atoms with Crippen LogP contribution in [0.5, 0.6) is 34.5 Å². The molecule has 2 aliphatic rings. The third-order valence-corrected chi connectivity index (χ3v) is 17.1. The average molecular weight is 1020 g/mol. The molecule has 0 radical (unpaired) electrons. The number of piperazine rings is 2. The molecule has 2 fully saturated rings. The van der Waals surface area contributed by atoms with E-state index >= 15 is 0 Å². The molecule has 352 valence electrons. The molecule has 2 saturated heterocycles. The highest BCUT2D eigenvalue weighted by Gasteiger charge is 2.34. The Hall–Kier alpha value is -5.06. The van der Waals surface area contributed by atoms with Gasteiger partial charge in [0.1, 0.15) is 44.3 Å². The maximum absolute atomic E-state index is 13.3. The van der Waals surface area contributed by atoms with E-state index < -0.39 is 20.0 Å². The monoisotopic (exact) mass is 1020 g/mol. The molecule has 0 spiro atoms. The van der Waals surface area contributed by atoms with Crippen LogP contribution in [0.3, 0.4) is 0 Å². The first-order valence-corrected chi connectivity index (χ1v) is 25.7. The summed E-state index contributed by atoms with van der Waals surface area (Å²) in [6, 6.07) is 20.5. The second-order valence-corrected chi connectivity index (χ2v) is 20.9. The van der Waals surface area contributed by atoms with Crippen molar-refractivity contribution in [3.8, 4) is 57.0 Å². The molecule has 0 saturated carbocycles. The number of sulfonamides is 2. The van der Waals surface area contributed by atoms with Crippen molar-refractivity contribution in [3.63, 3.8) is 0 Å². The van der Waals surface area contributed by atoms with Crippen LogP contribution < -0.4 is 38.2 Å². The van der Waals surface area contributed by atoms with Crippen molar-refractivity contribution in [3.05, 3.63) is 93.6 Å². The number of anilines is 2. The van der Waals surface area contributed by atoms with E-state index in [1.807, 2.05) is 35.0 Å². The van der Waals surface area contributed by atoms with E-state index in [1.165, 1.54) is 71.9 Å². The number of benzene rings is 4. The molecular formula is C44H48Cl2N6O10S4. The zero-order valence-corrected chi connectivity index (χ0v) is 41.7. The second-order valence-electron chi connectivity index (χ2n) is 14.5. The number of methoxy groups -OCH3 is 6. The molecule has 6 aromatic rings. The van der Waals surface area contributed by atoms with Gasteiger partial charge in [-0.3, -0.25) is 0 Å². The van der Waals surface area contributed by atoms with Gasteiger partial charge in [0.2, 0.25) is 20.0 Å². The summed E-state index contributed by atoms with van der Waals surface area (Å²) >= 11 is 15.3. The molecule has 22 heteroatoms. The number of thiazole rings is 2. The summed E-state index contributed by atoms with van der Waals surface area (Å²) in [4.78, 5) is 13.9. The van der Waals surface area contributed by atoms with Crippen LogP contribution in [0.4, 0.5) is 10.3 Å². The lowest BCUT2D eigenvalue weighted by Gasteiger charge is -2.34. The van der Waals surface area contributed by atoms with Gasteiger partial charge in [-0.1, -0.05) is 23.2 Å². The van der Waals surface area contributed by atoms with Gasteiger partial charge in [0.25, 0.3) is 0 Å². The molecule has 66 heavy (non-hydrogen) atoms. The van der Waals surface area contributed by atoms with Gasteiger partial charge in [0, 0.05) is 97.5 Å². The number of rotatable bonds is 14. The highest BCUT2D eigenvalue weighted by molar-refractivity contribution is 7.89. The summed E-state index contributed by atoms with van der Waals surface area (Å²) in [7, 11) is 1.65. The lowest BCUT2D eigenvalue weighted by atomic mass is 10.1. The van der Waals surface area contributed by atoms with Crippen molar-refractivity contribution < 1.29 is 45.3 Å². The van der Waals surface area contributed by atoms with E-state index in [4.69, 9.17) is 61.6 Å². The molecule has 0 unspecified atom stereocenters. The van der Waals surface area contributed by atoms with Gasteiger partial charge in [-0.15, -0.1) is 22.7 Å². The maximum Gasteiger partial charge on any atom is 0.247 e. The van der Waals surface area contributed by atoms with Crippen LogP contribution in [0.1, 0.15) is 0 Å². The fourth-order valence-corrected chi connectivity index (χ4v) is 12.7. The zero-order chi connectivity index (χ0) is 47.2. The minimum atomic E-state index is -3.74. The second kappa shape index (κ2) is 21.3. The van der Waals surface area contributed by atoms with Gasteiger partial charge in [0.05, 0.1) is 59.1 Å². The van der Waals surface area contributed by atoms with E-state index in [-0.39, 0.29) is 15.5 Å². The molecule has 0 amide bonds. The Balaban J connectivity index is 0.000000197. The highest BCUT2D eigenvalue weighted by Crippen LogP contribution is 2.38. The Morgan fingerprint density at radius 2 is 0.894 bits per heavy atom. The van der Waals surface area contributed by atoms with E-state index in [9.17, 15) is 16.8 Å². The molecule has 0 aliphatic carbocycles. The molecule has 16 nitrogen and oxygen atoms in total. The first-order valence-electron chi connectivity index (χ1n) is 20.3. The standard InChI is InChI=1S/C23H27N3O6S2.C21H21Cl2N3O4S2/c1-29-16-5-7-18(21(13-16)32-4)19-15-33-23(24-19)25-9-11-26(12-10-25)34(27,28)22-14-17(30-2)6-8-20(22)31-3;1-29-15-4-6-19(30-2)20(12-15)32(27,28)26-9-7-25(8-10-26)21-24-18(13-31-21)16-5-3-14(22)11-17(16)23/h5-8,13-15H,9-12H2,1-4H3;3-6,11-13H,7-10H2,1-2H3. The largest absolute Gasteiger partial charge is 0.497 e. The molecule has 4 aromatic carbocycles. The quantitative estimate of drug-likeness (QED) is 0.103. The first-order chi connectivity index (χ1) is 31.7. The van der Waals surface area contributed by atoms with Crippen LogP contribution in [-0.2, 0) is 20.0 Å². The van der Waals surface area contributed by atoms with Gasteiger partial charge < -0.3 is 38.2 Å². The average Bonchev–Trinajstić information content (AvgIpc) is 4.05. The molecular weight excluding hydrogens is 972 g/mol. The number of ether oxygens (including phenoxy) is 6. The van der Waals surface area contributed by atoms with Crippen molar-refractivity contribution >= 4 is 76.2 Å². The topological polar surface area (TPSA) is 162 Å². The van der Waals surface area contributed by atoms with Crippen molar-refractivity contribution in [2.75, 3.05) is 105 Å². The van der Waals surface area contributed by atoms with Crippen molar-refractivity contribution in [1.29, 1.82) is 0 Å². The number of halogens is 2. The van der Waals surface area contributed by atoms with Gasteiger partial charge >= 0.3 is 0 Å². The Bertz CT molecular complexity index is 2870. The minimum Gasteiger partial charge on any atom is -0.497 e. The van der Waals surface area contributed by atoms with Crippen molar-refractivity contribution in [2.45, 2.75) is 9.79 Å². The maximum atomic E-state index is 13.3. The van der Waals surface area contributed by atoms with Crippen molar-refractivity contribution in [1.82, 2.24) is 18.6 Å². The predicted molar refractivity (Wildman–Crippen MR) is 259 cm³/mol. The minimum absolute atomic E-state index is 0.0988. The van der Waals surface area contributed by atoms with Gasteiger partial charge in [-0.05, 0) is 54.6 Å². The summed E-state index contributed by atoms with van der Waals surface area (Å²) in [6.45, 7) is 3.43. The Morgan fingerprint density at radius 1 is 0.485 bits per heavy atom. The zero-order valence-electron chi connectivity index (χ0n) is 36.9. The number of nitrogens with zero attached hydrogens (tertiary/aromatic N) is 6. The fraction of sp³-hybridized carbons (Fsp3) is 0.318.